The van der Waals surface area contributed by atoms with Crippen LogP contribution in [0.3, 0.4) is 0 Å². The number of carbonyl (C=O) groups excluding carboxylic acids is 2. The highest BCUT2D eigenvalue weighted by molar-refractivity contribution is 5.89. The predicted octanol–water partition coefficient (Wildman–Crippen LogP) is 3.23. The van der Waals surface area contributed by atoms with Gasteiger partial charge < -0.3 is 20.1 Å². The van der Waals surface area contributed by atoms with Gasteiger partial charge in [0.15, 0.2) is 6.73 Å². The second-order valence-electron chi connectivity index (χ2n) is 5.99. The average molecular weight is 356 g/mol. The van der Waals surface area contributed by atoms with Gasteiger partial charge >= 0.3 is 12.0 Å². The highest BCUT2D eigenvalue weighted by atomic mass is 16.5. The van der Waals surface area contributed by atoms with Gasteiger partial charge in [-0.2, -0.15) is 0 Å². The number of carbonyl (C=O) groups is 2. The molecule has 138 valence electrons. The number of urea groups is 1. The summed E-state index contributed by atoms with van der Waals surface area (Å²) in [6, 6.07) is 10.6. The van der Waals surface area contributed by atoms with Crippen molar-refractivity contribution in [1.82, 2.24) is 10.6 Å². The minimum absolute atomic E-state index is 0.0816. The molecule has 0 saturated carbocycles. The molecule has 0 bridgehead atoms. The predicted molar refractivity (Wildman–Crippen MR) is 99.3 cm³/mol. The van der Waals surface area contributed by atoms with Crippen molar-refractivity contribution in [1.29, 1.82) is 0 Å². The van der Waals surface area contributed by atoms with Crippen molar-refractivity contribution < 1.29 is 19.1 Å². The largest absolute Gasteiger partial charge is 0.473 e. The normalized spacial score (nSPS) is 10.2. The lowest BCUT2D eigenvalue weighted by atomic mass is 10.1. The minimum atomic E-state index is -0.388. The van der Waals surface area contributed by atoms with Gasteiger partial charge in [0, 0.05) is 6.54 Å². The maximum atomic E-state index is 11.9. The molecule has 0 radical (unpaired) electrons. The third-order valence-electron chi connectivity index (χ3n) is 4.15. The second-order valence-corrected chi connectivity index (χ2v) is 5.99. The van der Waals surface area contributed by atoms with Gasteiger partial charge in [-0.3, -0.25) is 0 Å². The summed E-state index contributed by atoms with van der Waals surface area (Å²) in [5.74, 6) is 0.407. The third-order valence-corrected chi connectivity index (χ3v) is 4.15. The molecule has 0 aromatic heterocycles. The SMILES string of the molecule is COC(=O)c1ccc(CNC(=O)NCOc2c(C)ccc(C)c2C)cc1. The van der Waals surface area contributed by atoms with E-state index in [-0.39, 0.29) is 18.7 Å². The summed E-state index contributed by atoms with van der Waals surface area (Å²) >= 11 is 0. The van der Waals surface area contributed by atoms with E-state index in [1.165, 1.54) is 7.11 Å². The molecule has 2 aromatic carbocycles. The molecule has 0 aliphatic rings. The van der Waals surface area contributed by atoms with Gasteiger partial charge in [-0.25, -0.2) is 9.59 Å². The van der Waals surface area contributed by atoms with Gasteiger partial charge in [-0.05, 0) is 55.2 Å². The first-order valence-electron chi connectivity index (χ1n) is 8.31. The van der Waals surface area contributed by atoms with Crippen molar-refractivity contribution >= 4 is 12.0 Å². The molecule has 0 spiro atoms. The maximum absolute atomic E-state index is 11.9. The lowest BCUT2D eigenvalue weighted by Crippen LogP contribution is -2.37. The van der Waals surface area contributed by atoms with E-state index < -0.39 is 0 Å². The number of rotatable bonds is 6. The summed E-state index contributed by atoms with van der Waals surface area (Å²) in [4.78, 5) is 23.3. The first-order chi connectivity index (χ1) is 12.4. The van der Waals surface area contributed by atoms with Crippen LogP contribution in [0, 0.1) is 20.8 Å². The molecule has 0 aliphatic heterocycles. The Hall–Kier alpha value is -3.02. The van der Waals surface area contributed by atoms with Gasteiger partial charge in [-0.15, -0.1) is 0 Å². The van der Waals surface area contributed by atoms with Crippen LogP contribution in [0.4, 0.5) is 4.79 Å². The zero-order chi connectivity index (χ0) is 19.1. The molecular formula is C20H24N2O4. The standard InChI is InChI=1S/C20H24N2O4/c1-13-5-6-14(2)18(15(13)3)26-12-22-20(24)21-11-16-7-9-17(10-8-16)19(23)25-4/h5-10H,11-12H2,1-4H3,(H2,21,22,24). The molecule has 0 heterocycles. The van der Waals surface area contributed by atoms with E-state index in [4.69, 9.17) is 4.74 Å². The maximum Gasteiger partial charge on any atom is 0.337 e. The number of aryl methyl sites for hydroxylation is 2. The number of esters is 1. The first-order valence-corrected chi connectivity index (χ1v) is 8.31. The van der Waals surface area contributed by atoms with Crippen LogP contribution in [-0.4, -0.2) is 25.8 Å². The first kappa shape index (κ1) is 19.3. The summed E-state index contributed by atoms with van der Waals surface area (Å²) in [6.45, 7) is 6.41. The minimum Gasteiger partial charge on any atom is -0.473 e. The summed E-state index contributed by atoms with van der Waals surface area (Å²) in [7, 11) is 1.34. The molecule has 0 unspecified atom stereocenters. The second kappa shape index (κ2) is 8.89. The van der Waals surface area contributed by atoms with Crippen LogP contribution in [-0.2, 0) is 11.3 Å². The lowest BCUT2D eigenvalue weighted by Gasteiger charge is -2.14. The molecule has 0 fully saturated rings. The zero-order valence-corrected chi connectivity index (χ0v) is 15.5. The summed E-state index contributed by atoms with van der Waals surface area (Å²) in [5.41, 5.74) is 4.58. The van der Waals surface area contributed by atoms with Gasteiger partial charge in [0.05, 0.1) is 12.7 Å². The Balaban J connectivity index is 1.79. The molecule has 0 saturated heterocycles. The Bertz CT molecular complexity index is 785. The molecule has 6 heteroatoms. The summed E-state index contributed by atoms with van der Waals surface area (Å²) in [5, 5.41) is 5.41. The van der Waals surface area contributed by atoms with Crippen LogP contribution >= 0.6 is 0 Å². The number of benzene rings is 2. The van der Waals surface area contributed by atoms with Gasteiger partial charge in [0.25, 0.3) is 0 Å². The highest BCUT2D eigenvalue weighted by Gasteiger charge is 2.08. The Morgan fingerprint density at radius 1 is 0.923 bits per heavy atom. The molecule has 0 aliphatic carbocycles. The molecule has 26 heavy (non-hydrogen) atoms. The number of nitrogens with one attached hydrogen (secondary N) is 2. The number of ether oxygens (including phenoxy) is 2. The quantitative estimate of drug-likeness (QED) is 0.615. The van der Waals surface area contributed by atoms with Crippen molar-refractivity contribution in [2.45, 2.75) is 27.3 Å². The van der Waals surface area contributed by atoms with Crippen LogP contribution in [0.25, 0.3) is 0 Å². The Labute approximate surface area is 153 Å². The van der Waals surface area contributed by atoms with E-state index in [9.17, 15) is 9.59 Å². The fourth-order valence-electron chi connectivity index (χ4n) is 2.44. The molecule has 2 amide bonds. The van der Waals surface area contributed by atoms with E-state index in [0.717, 1.165) is 28.0 Å². The van der Waals surface area contributed by atoms with Crippen LogP contribution in [0.2, 0.25) is 0 Å². The molecule has 2 rings (SSSR count). The monoisotopic (exact) mass is 356 g/mol. The van der Waals surface area contributed by atoms with Crippen LogP contribution < -0.4 is 15.4 Å². The van der Waals surface area contributed by atoms with Gasteiger partial charge in [-0.1, -0.05) is 24.3 Å². The number of hydrogen-bond acceptors (Lipinski definition) is 4. The van der Waals surface area contributed by atoms with Crippen molar-refractivity contribution in [3.8, 4) is 5.75 Å². The zero-order valence-electron chi connectivity index (χ0n) is 15.5. The summed E-state index contributed by atoms with van der Waals surface area (Å²) < 4.78 is 10.3. The smallest absolute Gasteiger partial charge is 0.337 e. The Morgan fingerprint density at radius 3 is 2.23 bits per heavy atom. The molecule has 2 aromatic rings. The van der Waals surface area contributed by atoms with Crippen molar-refractivity contribution in [3.63, 3.8) is 0 Å². The van der Waals surface area contributed by atoms with E-state index in [1.807, 2.05) is 32.9 Å². The fourth-order valence-corrected chi connectivity index (χ4v) is 2.44. The van der Waals surface area contributed by atoms with E-state index in [1.54, 1.807) is 24.3 Å². The van der Waals surface area contributed by atoms with E-state index in [2.05, 4.69) is 15.4 Å². The van der Waals surface area contributed by atoms with Crippen molar-refractivity contribution in [3.05, 3.63) is 64.2 Å². The average Bonchev–Trinajstić information content (AvgIpc) is 2.65. The van der Waals surface area contributed by atoms with Crippen LogP contribution in [0.15, 0.2) is 36.4 Å². The summed E-state index contributed by atoms with van der Waals surface area (Å²) in [6.07, 6.45) is 0. The third kappa shape index (κ3) is 4.99. The molecule has 6 nitrogen and oxygen atoms in total. The number of hydrogen-bond donors (Lipinski definition) is 2. The molecule has 2 N–H and O–H groups in total. The molecular weight excluding hydrogens is 332 g/mol. The van der Waals surface area contributed by atoms with Crippen molar-refractivity contribution in [2.24, 2.45) is 0 Å². The van der Waals surface area contributed by atoms with Gasteiger partial charge in [0.1, 0.15) is 5.75 Å². The Morgan fingerprint density at radius 2 is 1.58 bits per heavy atom. The highest BCUT2D eigenvalue weighted by Crippen LogP contribution is 2.25. The van der Waals surface area contributed by atoms with Crippen LogP contribution in [0.1, 0.15) is 32.6 Å². The van der Waals surface area contributed by atoms with Crippen LogP contribution in [0.5, 0.6) is 5.75 Å². The van der Waals surface area contributed by atoms with E-state index in [0.29, 0.717) is 12.1 Å². The topological polar surface area (TPSA) is 76.7 Å². The number of amides is 2. The lowest BCUT2D eigenvalue weighted by molar-refractivity contribution is 0.0600. The molecule has 0 atom stereocenters. The Kier molecular flexibility index (Phi) is 6.60. The van der Waals surface area contributed by atoms with Gasteiger partial charge in [0.2, 0.25) is 0 Å². The number of methoxy groups -OCH3 is 1. The van der Waals surface area contributed by atoms with E-state index >= 15 is 0 Å². The fraction of sp³-hybridized carbons (Fsp3) is 0.300. The van der Waals surface area contributed by atoms with Crippen molar-refractivity contribution in [2.75, 3.05) is 13.8 Å².